The van der Waals surface area contributed by atoms with Crippen LogP contribution in [0.15, 0.2) is 48.5 Å². The van der Waals surface area contributed by atoms with E-state index in [0.717, 1.165) is 12.8 Å². The third kappa shape index (κ3) is 3.40. The Morgan fingerprint density at radius 3 is 2.48 bits per heavy atom. The number of hydrogen-bond acceptors (Lipinski definition) is 1. The largest absolute Gasteiger partial charge is 0.351 e. The molecule has 1 amide bonds. The summed E-state index contributed by atoms with van der Waals surface area (Å²) in [5.41, 5.74) is 1.57. The first-order valence-corrected chi connectivity index (χ1v) is 8.27. The van der Waals surface area contributed by atoms with Gasteiger partial charge in [0.05, 0.1) is 10.6 Å². The van der Waals surface area contributed by atoms with Crippen LogP contribution in [0.4, 0.5) is 4.39 Å². The van der Waals surface area contributed by atoms with E-state index >= 15 is 0 Å². The first-order valence-electron chi connectivity index (χ1n) is 7.90. The highest BCUT2D eigenvalue weighted by Gasteiger charge is 2.35. The number of benzene rings is 2. The van der Waals surface area contributed by atoms with Gasteiger partial charge in [0.25, 0.3) is 5.91 Å². The van der Waals surface area contributed by atoms with Gasteiger partial charge >= 0.3 is 0 Å². The van der Waals surface area contributed by atoms with Gasteiger partial charge in [-0.2, -0.15) is 0 Å². The Morgan fingerprint density at radius 1 is 1.13 bits per heavy atom. The van der Waals surface area contributed by atoms with Crippen LogP contribution in [0, 0.1) is 5.82 Å². The lowest BCUT2D eigenvalue weighted by Gasteiger charge is -2.30. The van der Waals surface area contributed by atoms with Crippen LogP contribution in [0.5, 0.6) is 0 Å². The second-order valence-corrected chi connectivity index (χ2v) is 6.57. The van der Waals surface area contributed by atoms with Crippen molar-refractivity contribution in [2.75, 3.05) is 6.54 Å². The van der Waals surface area contributed by atoms with E-state index in [4.69, 9.17) is 11.6 Å². The average Bonchev–Trinajstić information content (AvgIpc) is 3.04. The summed E-state index contributed by atoms with van der Waals surface area (Å²) in [4.78, 5) is 12.4. The summed E-state index contributed by atoms with van der Waals surface area (Å²) in [5.74, 6) is -0.694. The molecule has 2 aromatic rings. The molecule has 0 saturated heterocycles. The van der Waals surface area contributed by atoms with E-state index in [-0.39, 0.29) is 16.3 Å². The van der Waals surface area contributed by atoms with Crippen molar-refractivity contribution >= 4 is 17.5 Å². The van der Waals surface area contributed by atoms with E-state index in [1.54, 1.807) is 0 Å². The molecule has 23 heavy (non-hydrogen) atoms. The van der Waals surface area contributed by atoms with Crippen molar-refractivity contribution in [1.29, 1.82) is 0 Å². The highest BCUT2D eigenvalue weighted by molar-refractivity contribution is 6.33. The number of hydrogen-bond donors (Lipinski definition) is 1. The van der Waals surface area contributed by atoms with E-state index in [2.05, 4.69) is 17.4 Å². The van der Waals surface area contributed by atoms with Gasteiger partial charge in [-0.25, -0.2) is 4.39 Å². The van der Waals surface area contributed by atoms with Gasteiger partial charge in [-0.15, -0.1) is 0 Å². The number of amides is 1. The Balaban J connectivity index is 1.76. The van der Waals surface area contributed by atoms with Crippen molar-refractivity contribution in [3.8, 4) is 0 Å². The summed E-state index contributed by atoms with van der Waals surface area (Å²) < 4.78 is 13.1. The summed E-state index contributed by atoms with van der Waals surface area (Å²) in [6.45, 7) is 0.573. The molecule has 1 aliphatic carbocycles. The van der Waals surface area contributed by atoms with Crippen LogP contribution in [0.3, 0.4) is 0 Å². The second kappa shape index (κ2) is 6.71. The molecule has 0 unspecified atom stereocenters. The Kier molecular flexibility index (Phi) is 4.67. The lowest BCUT2D eigenvalue weighted by molar-refractivity contribution is 0.0943. The SMILES string of the molecule is O=C(NCC1(c2ccccc2)CCCC1)c1ccc(F)cc1Cl. The Labute approximate surface area is 140 Å². The summed E-state index contributed by atoms with van der Waals surface area (Å²) in [6, 6.07) is 14.2. The molecule has 1 saturated carbocycles. The predicted octanol–water partition coefficient (Wildman–Crippen LogP) is 4.72. The molecule has 0 atom stereocenters. The van der Waals surface area contributed by atoms with E-state index < -0.39 is 5.82 Å². The monoisotopic (exact) mass is 331 g/mol. The maximum absolute atomic E-state index is 13.1. The van der Waals surface area contributed by atoms with Gasteiger partial charge in [-0.3, -0.25) is 4.79 Å². The molecule has 0 aromatic heterocycles. The first kappa shape index (κ1) is 16.0. The molecule has 0 heterocycles. The zero-order valence-corrected chi connectivity index (χ0v) is 13.6. The van der Waals surface area contributed by atoms with E-state index in [1.807, 2.05) is 18.2 Å². The first-order chi connectivity index (χ1) is 11.1. The molecule has 2 nitrogen and oxygen atoms in total. The quantitative estimate of drug-likeness (QED) is 0.862. The topological polar surface area (TPSA) is 29.1 Å². The highest BCUT2D eigenvalue weighted by atomic mass is 35.5. The molecule has 1 fully saturated rings. The number of carbonyl (C=O) groups excluding carboxylic acids is 1. The van der Waals surface area contributed by atoms with E-state index in [9.17, 15) is 9.18 Å². The van der Waals surface area contributed by atoms with E-state index in [1.165, 1.54) is 36.6 Å². The fourth-order valence-electron chi connectivity index (χ4n) is 3.43. The Bertz CT molecular complexity index is 696. The van der Waals surface area contributed by atoms with Crippen LogP contribution in [0.25, 0.3) is 0 Å². The van der Waals surface area contributed by atoms with Crippen LogP contribution >= 0.6 is 11.6 Å². The molecule has 2 aromatic carbocycles. The molecule has 120 valence electrons. The molecule has 0 spiro atoms. The van der Waals surface area contributed by atoms with Crippen molar-refractivity contribution in [3.63, 3.8) is 0 Å². The molecule has 0 aliphatic heterocycles. The Hall–Kier alpha value is -1.87. The maximum atomic E-state index is 13.1. The fourth-order valence-corrected chi connectivity index (χ4v) is 3.68. The maximum Gasteiger partial charge on any atom is 0.252 e. The third-order valence-electron chi connectivity index (χ3n) is 4.71. The van der Waals surface area contributed by atoms with Crippen LogP contribution in [-0.4, -0.2) is 12.5 Å². The molecule has 0 radical (unpaired) electrons. The van der Waals surface area contributed by atoms with Gasteiger partial charge in [-0.1, -0.05) is 54.8 Å². The summed E-state index contributed by atoms with van der Waals surface area (Å²) in [7, 11) is 0. The summed E-state index contributed by atoms with van der Waals surface area (Å²) in [5, 5.41) is 3.14. The van der Waals surface area contributed by atoms with Crippen LogP contribution in [-0.2, 0) is 5.41 Å². The molecule has 1 aliphatic rings. The van der Waals surface area contributed by atoms with Crippen LogP contribution in [0.1, 0.15) is 41.6 Å². The van der Waals surface area contributed by atoms with Gasteiger partial charge in [0.2, 0.25) is 0 Å². The van der Waals surface area contributed by atoms with Crippen molar-refractivity contribution < 1.29 is 9.18 Å². The van der Waals surface area contributed by atoms with Gasteiger partial charge in [-0.05, 0) is 36.6 Å². The molecular formula is C19H19ClFNO. The van der Waals surface area contributed by atoms with Crippen LogP contribution in [0.2, 0.25) is 5.02 Å². The zero-order chi connectivity index (χ0) is 16.3. The number of halogens is 2. The normalized spacial score (nSPS) is 16.3. The van der Waals surface area contributed by atoms with Gasteiger partial charge < -0.3 is 5.32 Å². The minimum atomic E-state index is -0.442. The van der Waals surface area contributed by atoms with Crippen molar-refractivity contribution in [2.45, 2.75) is 31.1 Å². The van der Waals surface area contributed by atoms with Gasteiger partial charge in [0, 0.05) is 12.0 Å². The van der Waals surface area contributed by atoms with E-state index in [0.29, 0.717) is 12.1 Å². The van der Waals surface area contributed by atoms with Crippen molar-refractivity contribution in [3.05, 3.63) is 70.5 Å². The average molecular weight is 332 g/mol. The summed E-state index contributed by atoms with van der Waals surface area (Å²) in [6.07, 6.45) is 4.47. The minimum Gasteiger partial charge on any atom is -0.351 e. The van der Waals surface area contributed by atoms with Crippen molar-refractivity contribution in [1.82, 2.24) is 5.32 Å². The second-order valence-electron chi connectivity index (χ2n) is 6.16. The van der Waals surface area contributed by atoms with Gasteiger partial charge in [0.1, 0.15) is 5.82 Å². The van der Waals surface area contributed by atoms with Crippen LogP contribution < -0.4 is 5.32 Å². The minimum absolute atomic E-state index is 0.0105. The lowest BCUT2D eigenvalue weighted by atomic mass is 9.79. The standard InChI is InChI=1S/C19H19ClFNO/c20-17-12-15(21)8-9-16(17)18(23)22-13-19(10-4-5-11-19)14-6-2-1-3-7-14/h1-3,6-9,12H,4-5,10-11,13H2,(H,22,23). The summed E-state index contributed by atoms with van der Waals surface area (Å²) >= 11 is 5.97. The Morgan fingerprint density at radius 2 is 1.83 bits per heavy atom. The third-order valence-corrected chi connectivity index (χ3v) is 5.02. The molecule has 4 heteroatoms. The smallest absolute Gasteiger partial charge is 0.252 e. The zero-order valence-electron chi connectivity index (χ0n) is 12.8. The van der Waals surface area contributed by atoms with Crippen molar-refractivity contribution in [2.24, 2.45) is 0 Å². The lowest BCUT2D eigenvalue weighted by Crippen LogP contribution is -2.39. The predicted molar refractivity (Wildman–Crippen MR) is 90.3 cm³/mol. The number of carbonyl (C=O) groups is 1. The molecular weight excluding hydrogens is 313 g/mol. The highest BCUT2D eigenvalue weighted by Crippen LogP contribution is 2.40. The number of nitrogens with one attached hydrogen (secondary N) is 1. The molecule has 1 N–H and O–H groups in total. The number of rotatable bonds is 4. The van der Waals surface area contributed by atoms with Gasteiger partial charge in [0.15, 0.2) is 0 Å². The fraction of sp³-hybridized carbons (Fsp3) is 0.316. The molecule has 3 rings (SSSR count). The molecule has 0 bridgehead atoms.